The predicted octanol–water partition coefficient (Wildman–Crippen LogP) is 3.63. The lowest BCUT2D eigenvalue weighted by molar-refractivity contribution is -0.137. The van der Waals surface area contributed by atoms with Gasteiger partial charge < -0.3 is 0 Å². The van der Waals surface area contributed by atoms with Crippen molar-refractivity contribution in [1.29, 1.82) is 0 Å². The molecule has 0 fully saturated rings. The Hall–Kier alpha value is -2.35. The average Bonchev–Trinajstić information content (AvgIpc) is 2.49. The van der Waals surface area contributed by atoms with E-state index >= 15 is 0 Å². The Balaban J connectivity index is 2.24. The Morgan fingerprint density at radius 2 is 1.71 bits per heavy atom. The Labute approximate surface area is 138 Å². The first-order chi connectivity index (χ1) is 11.1. The highest BCUT2D eigenvalue weighted by Crippen LogP contribution is 2.31. The van der Waals surface area contributed by atoms with Gasteiger partial charge in [0.2, 0.25) is 0 Å². The smallest absolute Gasteiger partial charge is 0.200 e. The Morgan fingerprint density at radius 3 is 2.33 bits per heavy atom. The molecule has 0 aliphatic carbocycles. The van der Waals surface area contributed by atoms with Crippen molar-refractivity contribution in [2.75, 3.05) is 0 Å². The van der Waals surface area contributed by atoms with E-state index in [1.807, 2.05) is 11.8 Å². The number of halogens is 3. The summed E-state index contributed by atoms with van der Waals surface area (Å²) in [6, 6.07) is 9.29. The number of alkyl halides is 3. The monoisotopic (exact) mass is 356 g/mol. The Morgan fingerprint density at radius 1 is 1.04 bits per heavy atom. The van der Waals surface area contributed by atoms with Crippen molar-refractivity contribution in [2.45, 2.75) is 24.9 Å². The quantitative estimate of drug-likeness (QED) is 0.672. The fourth-order valence-corrected chi connectivity index (χ4v) is 2.84. The van der Waals surface area contributed by atoms with Crippen molar-refractivity contribution in [3.63, 3.8) is 0 Å². The summed E-state index contributed by atoms with van der Waals surface area (Å²) in [4.78, 5) is 1.92. The lowest BCUT2D eigenvalue weighted by Gasteiger charge is -2.09. The molecule has 0 aromatic heterocycles. The number of nitrogens with one attached hydrogen (secondary N) is 1. The molecule has 1 N–H and O–H groups in total. The molecule has 2 aromatic carbocycles. The summed E-state index contributed by atoms with van der Waals surface area (Å²) >= 11 is 0. The van der Waals surface area contributed by atoms with Crippen LogP contribution in [0.5, 0.6) is 0 Å². The summed E-state index contributed by atoms with van der Waals surface area (Å²) in [5, 5.41) is 3.45. The predicted molar refractivity (Wildman–Crippen MR) is 85.3 cm³/mol. The van der Waals surface area contributed by atoms with Crippen LogP contribution < -0.4 is 4.83 Å². The zero-order chi connectivity index (χ0) is 18.0. The van der Waals surface area contributed by atoms with Crippen LogP contribution in [0, 0.1) is 13.8 Å². The molecule has 2 rings (SSSR count). The number of sulfonamides is 1. The van der Waals surface area contributed by atoms with Gasteiger partial charge in [0.1, 0.15) is 0 Å². The third-order valence-corrected chi connectivity index (χ3v) is 4.65. The van der Waals surface area contributed by atoms with Crippen molar-refractivity contribution >= 4 is 16.2 Å². The minimum absolute atomic E-state index is 0.00754. The van der Waals surface area contributed by atoms with E-state index in [-0.39, 0.29) is 10.5 Å². The van der Waals surface area contributed by atoms with Crippen molar-refractivity contribution in [2.24, 2.45) is 5.10 Å². The van der Waals surface area contributed by atoms with Crippen molar-refractivity contribution in [1.82, 2.24) is 4.83 Å². The Kier molecular flexibility index (Phi) is 4.98. The fraction of sp³-hybridized carbons (Fsp3) is 0.188. The van der Waals surface area contributed by atoms with Crippen LogP contribution in [0.3, 0.4) is 0 Å². The Bertz CT molecular complexity index is 875. The van der Waals surface area contributed by atoms with E-state index in [4.69, 9.17) is 0 Å². The van der Waals surface area contributed by atoms with Gasteiger partial charge in [-0.2, -0.15) is 26.7 Å². The minimum atomic E-state index is -4.55. The maximum absolute atomic E-state index is 12.9. The molecule has 0 aliphatic heterocycles. The number of hydrazone groups is 1. The molecule has 128 valence electrons. The van der Waals surface area contributed by atoms with E-state index in [9.17, 15) is 21.6 Å². The first-order valence-corrected chi connectivity index (χ1v) is 8.38. The topological polar surface area (TPSA) is 58.5 Å². The second kappa shape index (κ2) is 6.64. The highest BCUT2D eigenvalue weighted by Gasteiger charge is 2.32. The van der Waals surface area contributed by atoms with Crippen LogP contribution in [0.15, 0.2) is 52.5 Å². The molecule has 4 nitrogen and oxygen atoms in total. The van der Waals surface area contributed by atoms with Crippen LogP contribution in [0.4, 0.5) is 13.2 Å². The molecule has 0 bridgehead atoms. The van der Waals surface area contributed by atoms with Crippen molar-refractivity contribution in [3.05, 3.63) is 64.7 Å². The van der Waals surface area contributed by atoms with E-state index in [1.54, 1.807) is 13.0 Å². The van der Waals surface area contributed by atoms with E-state index in [0.29, 0.717) is 0 Å². The van der Waals surface area contributed by atoms with Crippen LogP contribution in [-0.4, -0.2) is 14.6 Å². The second-order valence-corrected chi connectivity index (χ2v) is 6.84. The summed E-state index contributed by atoms with van der Waals surface area (Å²) in [6.07, 6.45) is -3.71. The van der Waals surface area contributed by atoms with E-state index in [2.05, 4.69) is 5.10 Å². The number of hydrogen-bond acceptors (Lipinski definition) is 3. The number of nitrogens with zero attached hydrogens (tertiary/aromatic N) is 1. The lowest BCUT2D eigenvalue weighted by Crippen LogP contribution is -2.19. The SMILES string of the molecule is Cc1ccc(S(=O)(=O)N/N=C/c2ccccc2C(F)(F)F)cc1C. The second-order valence-electron chi connectivity index (χ2n) is 5.18. The third kappa shape index (κ3) is 4.14. The zero-order valence-electron chi connectivity index (χ0n) is 12.9. The van der Waals surface area contributed by atoms with Gasteiger partial charge in [0.15, 0.2) is 0 Å². The summed E-state index contributed by atoms with van der Waals surface area (Å²) in [5.74, 6) is 0. The van der Waals surface area contributed by atoms with Gasteiger partial charge in [0, 0.05) is 5.56 Å². The number of rotatable bonds is 4. The first-order valence-electron chi connectivity index (χ1n) is 6.89. The molecule has 0 spiro atoms. The number of hydrogen-bond donors (Lipinski definition) is 1. The van der Waals surface area contributed by atoms with Crippen LogP contribution in [-0.2, 0) is 16.2 Å². The van der Waals surface area contributed by atoms with E-state index in [1.165, 1.54) is 30.3 Å². The molecule has 0 amide bonds. The number of benzene rings is 2. The molecule has 24 heavy (non-hydrogen) atoms. The van der Waals surface area contributed by atoms with Gasteiger partial charge in [-0.25, -0.2) is 4.83 Å². The minimum Gasteiger partial charge on any atom is -0.200 e. The number of aryl methyl sites for hydroxylation is 2. The molecule has 0 saturated carbocycles. The summed E-state index contributed by atoms with van der Waals surface area (Å²) in [6.45, 7) is 3.60. The van der Waals surface area contributed by atoms with Gasteiger partial charge in [-0.1, -0.05) is 24.3 Å². The van der Waals surface area contributed by atoms with Gasteiger partial charge in [-0.15, -0.1) is 0 Å². The molecule has 0 aliphatic rings. The normalized spacial score (nSPS) is 12.5. The van der Waals surface area contributed by atoms with Crippen LogP contribution >= 0.6 is 0 Å². The molecular formula is C16H15F3N2O2S. The zero-order valence-corrected chi connectivity index (χ0v) is 13.7. The maximum atomic E-state index is 12.9. The van der Waals surface area contributed by atoms with Gasteiger partial charge in [0.05, 0.1) is 16.7 Å². The molecule has 0 atom stereocenters. The molecule has 0 heterocycles. The van der Waals surface area contributed by atoms with E-state index in [0.717, 1.165) is 23.4 Å². The van der Waals surface area contributed by atoms with Gasteiger partial charge in [-0.3, -0.25) is 0 Å². The largest absolute Gasteiger partial charge is 0.417 e. The van der Waals surface area contributed by atoms with Gasteiger partial charge in [-0.05, 0) is 43.2 Å². The molecule has 8 heteroatoms. The van der Waals surface area contributed by atoms with Gasteiger partial charge in [0.25, 0.3) is 10.0 Å². The highest BCUT2D eigenvalue weighted by molar-refractivity contribution is 7.89. The molecule has 2 aromatic rings. The lowest BCUT2D eigenvalue weighted by atomic mass is 10.1. The van der Waals surface area contributed by atoms with E-state index < -0.39 is 21.8 Å². The van der Waals surface area contributed by atoms with Crippen LogP contribution in [0.1, 0.15) is 22.3 Å². The summed E-state index contributed by atoms with van der Waals surface area (Å²) < 4.78 is 62.8. The first kappa shape index (κ1) is 18.0. The summed E-state index contributed by atoms with van der Waals surface area (Å²) in [5.41, 5.74) is 0.591. The molecule has 0 unspecified atom stereocenters. The third-order valence-electron chi connectivity index (χ3n) is 3.43. The highest BCUT2D eigenvalue weighted by atomic mass is 32.2. The van der Waals surface area contributed by atoms with Crippen LogP contribution in [0.25, 0.3) is 0 Å². The standard InChI is InChI=1S/C16H15F3N2O2S/c1-11-7-8-14(9-12(11)2)24(22,23)21-20-10-13-5-3-4-6-15(13)16(17,18)19/h3-10,21H,1-2H3/b20-10+. The average molecular weight is 356 g/mol. The molecule has 0 radical (unpaired) electrons. The molecular weight excluding hydrogens is 341 g/mol. The fourth-order valence-electron chi connectivity index (χ4n) is 1.97. The van der Waals surface area contributed by atoms with Gasteiger partial charge >= 0.3 is 6.18 Å². The van der Waals surface area contributed by atoms with Crippen molar-refractivity contribution < 1.29 is 21.6 Å². The summed E-state index contributed by atoms with van der Waals surface area (Å²) in [7, 11) is -3.95. The van der Waals surface area contributed by atoms with Crippen molar-refractivity contribution in [3.8, 4) is 0 Å². The van der Waals surface area contributed by atoms with Crippen LogP contribution in [0.2, 0.25) is 0 Å². The molecule has 0 saturated heterocycles. The maximum Gasteiger partial charge on any atom is 0.417 e.